The van der Waals surface area contributed by atoms with Crippen LogP contribution in [0, 0.1) is 6.92 Å². The molecule has 0 atom stereocenters. The van der Waals surface area contributed by atoms with Crippen LogP contribution in [0.2, 0.25) is 0 Å². The number of ether oxygens (including phenoxy) is 3. The van der Waals surface area contributed by atoms with Crippen LogP contribution in [0.3, 0.4) is 0 Å². The molecule has 6 aromatic rings. The van der Waals surface area contributed by atoms with Crippen LogP contribution >= 0.6 is 10.7 Å². The molecule has 6 aromatic carbocycles. The molecule has 13 nitrogen and oxygen atoms in total. The average Bonchev–Trinajstić information content (AvgIpc) is 3.15. The molecule has 0 fully saturated rings. The van der Waals surface area contributed by atoms with Gasteiger partial charge in [-0.3, -0.25) is 9.59 Å². The number of halogens is 1. The van der Waals surface area contributed by atoms with E-state index in [-0.39, 0.29) is 56.3 Å². The van der Waals surface area contributed by atoms with E-state index in [1.807, 2.05) is 19.1 Å². The van der Waals surface area contributed by atoms with E-state index < -0.39 is 39.7 Å². The number of carbonyl (C=O) groups is 2. The molecular weight excluding hydrogens is 818 g/mol. The Morgan fingerprint density at radius 1 is 0.526 bits per heavy atom. The first kappa shape index (κ1) is 40.6. The van der Waals surface area contributed by atoms with Gasteiger partial charge in [-0.1, -0.05) is 29.8 Å². The number of nitrogens with one attached hydrogen (secondary N) is 1. The molecule has 17 heteroatoms. The minimum absolute atomic E-state index is 0.0399. The summed E-state index contributed by atoms with van der Waals surface area (Å²) in [7, 11) is -7.36. The van der Waals surface area contributed by atoms with Gasteiger partial charge in [0.1, 0.15) is 50.0 Å². The second-order valence-corrected chi connectivity index (χ2v) is 18.6. The number of hydrogen-bond acceptors (Lipinski definition) is 12. The number of aromatic hydroxyl groups is 1. The van der Waals surface area contributed by atoms with Crippen LogP contribution in [0.15, 0.2) is 143 Å². The molecule has 0 aliphatic heterocycles. The lowest BCUT2D eigenvalue weighted by Gasteiger charge is -2.13. The predicted molar refractivity (Wildman–Crippen MR) is 210 cm³/mol. The number of ketones is 2. The van der Waals surface area contributed by atoms with Crippen LogP contribution in [0.1, 0.15) is 37.4 Å². The Morgan fingerprint density at radius 2 is 0.895 bits per heavy atom. The topological polar surface area (TPSA) is 197 Å². The fraction of sp³-hybridized carbons (Fsp3) is 0.0500. The van der Waals surface area contributed by atoms with Gasteiger partial charge < -0.3 is 19.3 Å². The van der Waals surface area contributed by atoms with Gasteiger partial charge in [-0.2, -0.15) is 0 Å². The van der Waals surface area contributed by atoms with Crippen LogP contribution in [0.25, 0.3) is 0 Å². The average molecular weight is 848 g/mol. The predicted octanol–water partition coefficient (Wildman–Crippen LogP) is 7.70. The molecule has 0 aliphatic carbocycles. The van der Waals surface area contributed by atoms with Crippen molar-refractivity contribution in [1.29, 1.82) is 0 Å². The quantitative estimate of drug-likeness (QED) is 0.0802. The smallest absolute Gasteiger partial charge is 0.265 e. The Morgan fingerprint density at radius 3 is 1.32 bits per heavy atom. The largest absolute Gasteiger partial charge is 0.507 e. The molecule has 0 saturated heterocycles. The monoisotopic (exact) mass is 847 g/mol. The van der Waals surface area contributed by atoms with Crippen molar-refractivity contribution in [3.05, 3.63) is 161 Å². The highest BCUT2D eigenvalue weighted by atomic mass is 35.7. The van der Waals surface area contributed by atoms with Crippen molar-refractivity contribution >= 4 is 51.3 Å². The van der Waals surface area contributed by atoms with Crippen molar-refractivity contribution in [3.63, 3.8) is 0 Å². The van der Waals surface area contributed by atoms with Gasteiger partial charge in [-0.25, -0.2) is 25.3 Å². The zero-order valence-electron chi connectivity index (χ0n) is 29.7. The van der Waals surface area contributed by atoms with E-state index in [9.17, 15) is 39.9 Å². The van der Waals surface area contributed by atoms with Crippen LogP contribution in [-0.2, 0) is 29.1 Å². The van der Waals surface area contributed by atoms with Crippen molar-refractivity contribution in [2.45, 2.75) is 16.7 Å². The number of benzene rings is 6. The summed E-state index contributed by atoms with van der Waals surface area (Å²) in [4.78, 5) is 25.0. The molecule has 0 heterocycles. The molecule has 0 radical (unpaired) electrons. The molecule has 0 aliphatic rings. The van der Waals surface area contributed by atoms with Crippen molar-refractivity contribution in [1.82, 2.24) is 4.13 Å². The van der Waals surface area contributed by atoms with E-state index >= 15 is 0 Å². The first-order chi connectivity index (χ1) is 26.8. The number of rotatable bonds is 14. The molecule has 0 aromatic heterocycles. The minimum Gasteiger partial charge on any atom is -0.507 e. The number of carbonyl (C=O) groups excluding carboxylic acids is 2. The van der Waals surface area contributed by atoms with Gasteiger partial charge in [0.15, 0.2) is 11.6 Å². The second-order valence-electron chi connectivity index (χ2n) is 12.4. The van der Waals surface area contributed by atoms with Gasteiger partial charge in [-0.05, 0) is 104 Å². The van der Waals surface area contributed by atoms with E-state index in [0.29, 0.717) is 23.1 Å². The normalized spacial score (nSPS) is 11.8. The van der Waals surface area contributed by atoms with Gasteiger partial charge in [-0.15, -0.1) is 4.13 Å². The summed E-state index contributed by atoms with van der Waals surface area (Å²) in [5, 5.41) is 10.0. The van der Waals surface area contributed by atoms with Crippen molar-refractivity contribution in [3.8, 4) is 40.2 Å². The zero-order valence-corrected chi connectivity index (χ0v) is 32.9. The fourth-order valence-corrected chi connectivity index (χ4v) is 8.84. The lowest BCUT2D eigenvalue weighted by Crippen LogP contribution is -2.29. The maximum absolute atomic E-state index is 13.2. The number of phenols is 1. The lowest BCUT2D eigenvalue weighted by molar-refractivity contribution is 0.103. The van der Waals surface area contributed by atoms with Crippen molar-refractivity contribution in [2.24, 2.45) is 0 Å². The first-order valence-corrected chi connectivity index (χ1v) is 22.2. The summed E-state index contributed by atoms with van der Waals surface area (Å²) in [6, 6.07) is 32.6. The summed E-state index contributed by atoms with van der Waals surface area (Å²) in [5.41, 5.74) is 2.55. The highest BCUT2D eigenvalue weighted by Crippen LogP contribution is 2.36. The first-order valence-electron chi connectivity index (χ1n) is 16.5. The zero-order chi connectivity index (χ0) is 41.1. The van der Waals surface area contributed by atoms with Crippen LogP contribution in [0.5, 0.6) is 40.2 Å². The van der Waals surface area contributed by atoms with E-state index in [1.54, 1.807) is 36.4 Å². The minimum atomic E-state index is -4.63. The summed E-state index contributed by atoms with van der Waals surface area (Å²) in [6.07, 6.45) is 0.651. The second kappa shape index (κ2) is 16.2. The van der Waals surface area contributed by atoms with Gasteiger partial charge in [0, 0.05) is 45.1 Å². The molecule has 57 heavy (non-hydrogen) atoms. The highest BCUT2D eigenvalue weighted by molar-refractivity contribution is 8.13. The Bertz CT molecular complexity index is 2830. The van der Waals surface area contributed by atoms with E-state index in [2.05, 4.69) is 0 Å². The van der Waals surface area contributed by atoms with Crippen molar-refractivity contribution in [2.75, 3.05) is 6.26 Å². The summed E-state index contributed by atoms with van der Waals surface area (Å²) >= 11 is 0. The Labute approximate surface area is 332 Å². The van der Waals surface area contributed by atoms with Crippen LogP contribution in [-0.4, -0.2) is 48.2 Å². The summed E-state index contributed by atoms with van der Waals surface area (Å²) in [5.74, 6) is -0.501. The number of aryl methyl sites for hydroxylation is 1. The maximum Gasteiger partial charge on any atom is 0.265 e. The molecule has 2 N–H and O–H groups in total. The third-order valence-corrected chi connectivity index (χ3v) is 12.4. The third kappa shape index (κ3) is 10.2. The SMILES string of the molecule is Cc1ccc(C(=O)c2ccc(Oc3ccc(Oc4ccc(C(=O)c5ccc(Oc6ccc(O)c(S(=O)(=O)NS(C)(=O)=O)c6)cc5)cc4)c(S(=O)(=O)Cl)c3)cc2)cc1. The number of phenolic OH excluding ortho intramolecular Hbond substituents is 1. The van der Waals surface area contributed by atoms with Gasteiger partial charge >= 0.3 is 0 Å². The summed E-state index contributed by atoms with van der Waals surface area (Å²) < 4.78 is 91.7. The molecule has 0 amide bonds. The molecular formula is C40H30ClNO12S3. The Kier molecular flexibility index (Phi) is 11.5. The molecule has 0 bridgehead atoms. The van der Waals surface area contributed by atoms with Gasteiger partial charge in [0.25, 0.3) is 19.1 Å². The van der Waals surface area contributed by atoms with Crippen molar-refractivity contribution < 1.29 is 54.2 Å². The standard InChI is InChI=1S/C40H30ClNO12S3/c1-25-3-5-26(6-4-25)39(44)27-7-15-31(16-8-27)53-34-20-22-36(38(24-34)56(41,48)49)54-32-17-11-29(12-18-32)40(45)28-9-13-30(14-10-28)52-33-19-21-35(43)37(23-33)57(50,51)42-55(2,46)47/h3-24,42-43H,1-2H3. The van der Waals surface area contributed by atoms with E-state index in [1.165, 1.54) is 76.9 Å². The maximum atomic E-state index is 13.2. The number of hydrogen-bond donors (Lipinski definition) is 2. The fourth-order valence-electron chi connectivity index (χ4n) is 5.30. The Hall–Kier alpha value is -6.04. The Balaban J connectivity index is 1.11. The molecule has 0 unspecified atom stereocenters. The van der Waals surface area contributed by atoms with Crippen LogP contribution in [0.4, 0.5) is 0 Å². The molecule has 292 valence electrons. The van der Waals surface area contributed by atoms with E-state index in [4.69, 9.17) is 24.9 Å². The highest BCUT2D eigenvalue weighted by Gasteiger charge is 2.24. The van der Waals surface area contributed by atoms with Gasteiger partial charge in [0.05, 0.1) is 6.26 Å². The lowest BCUT2D eigenvalue weighted by atomic mass is 10.0. The number of sulfonamides is 2. The molecule has 0 saturated carbocycles. The van der Waals surface area contributed by atoms with Crippen LogP contribution < -0.4 is 18.3 Å². The summed E-state index contributed by atoms with van der Waals surface area (Å²) in [6.45, 7) is 1.93. The molecule has 0 spiro atoms. The third-order valence-electron chi connectivity index (χ3n) is 8.02. The molecule has 6 rings (SSSR count). The van der Waals surface area contributed by atoms with E-state index in [0.717, 1.165) is 17.7 Å². The van der Waals surface area contributed by atoms with Gasteiger partial charge in [0.2, 0.25) is 10.0 Å².